The summed E-state index contributed by atoms with van der Waals surface area (Å²) in [7, 11) is -0.649. The van der Waals surface area contributed by atoms with E-state index < -0.39 is 7.56 Å². The van der Waals surface area contributed by atoms with Gasteiger partial charge in [-0.1, -0.05) is 48.0 Å². The lowest BCUT2D eigenvalue weighted by Crippen LogP contribution is -2.43. The normalized spacial score (nSPS) is 14.3. The molecule has 1 N–H and O–H groups in total. The molecule has 35 heavy (non-hydrogen) atoms. The van der Waals surface area contributed by atoms with Crippen molar-refractivity contribution in [1.29, 1.82) is 0 Å². The molecule has 4 aromatic rings. The Morgan fingerprint density at radius 3 is 2.63 bits per heavy atom. The van der Waals surface area contributed by atoms with E-state index in [4.69, 9.17) is 11.6 Å². The van der Waals surface area contributed by atoms with Crippen LogP contribution in [0.15, 0.2) is 71.8 Å². The van der Waals surface area contributed by atoms with Crippen LogP contribution in [0.5, 0.6) is 0 Å². The second-order valence-electron chi connectivity index (χ2n) is 8.45. The number of anilines is 1. The van der Waals surface area contributed by atoms with Crippen LogP contribution in [-0.4, -0.2) is 57.8 Å². The van der Waals surface area contributed by atoms with Gasteiger partial charge in [0.25, 0.3) is 0 Å². The number of aromatic nitrogens is 3. The molecule has 0 spiro atoms. The van der Waals surface area contributed by atoms with Crippen molar-refractivity contribution in [2.75, 3.05) is 24.2 Å². The van der Waals surface area contributed by atoms with Crippen molar-refractivity contribution >= 4 is 53.8 Å². The van der Waals surface area contributed by atoms with Gasteiger partial charge in [0, 0.05) is 52.3 Å². The average molecular weight is 508 g/mol. The van der Waals surface area contributed by atoms with Gasteiger partial charge in [-0.3, -0.25) is 4.79 Å². The molecule has 0 unspecified atom stereocenters. The Hall–Kier alpha value is -3.04. The van der Waals surface area contributed by atoms with Gasteiger partial charge >= 0.3 is 7.56 Å². The molecule has 2 aromatic carbocycles. The van der Waals surface area contributed by atoms with Crippen molar-refractivity contribution in [1.82, 2.24) is 19.5 Å². The minimum absolute atomic E-state index is 0.156. The zero-order valence-electron chi connectivity index (χ0n) is 19.0. The maximum absolute atomic E-state index is 13.6. The number of fused-ring (bicyclic) bond motifs is 1. The van der Waals surface area contributed by atoms with Gasteiger partial charge in [-0.05, 0) is 31.0 Å². The molecule has 1 saturated heterocycles. The summed E-state index contributed by atoms with van der Waals surface area (Å²) in [6, 6.07) is 19.5. The number of likely N-dealkylation sites (tertiary alicyclic amines) is 1. The molecular formula is C25H24BClFN5OS. The van der Waals surface area contributed by atoms with Crippen LogP contribution >= 0.6 is 23.4 Å². The Morgan fingerprint density at radius 2 is 1.89 bits per heavy atom. The lowest BCUT2D eigenvalue weighted by Gasteiger charge is -2.33. The predicted molar refractivity (Wildman–Crippen MR) is 142 cm³/mol. The Balaban J connectivity index is 1.29. The van der Waals surface area contributed by atoms with Crippen molar-refractivity contribution in [3.8, 4) is 11.3 Å². The maximum Gasteiger partial charge on any atom is 0.369 e. The topological polar surface area (TPSA) is 62.5 Å². The zero-order valence-corrected chi connectivity index (χ0v) is 20.6. The van der Waals surface area contributed by atoms with Gasteiger partial charge in [-0.15, -0.1) is 11.8 Å². The van der Waals surface area contributed by atoms with Crippen LogP contribution in [0.2, 0.25) is 5.02 Å². The molecule has 1 aliphatic heterocycles. The SMILES string of the molecule is O=C(CSc1ccccc1)N1CCC(Nc2cc(-c3ccccc3Cl)nc3c(BF)cnn23)CC1. The second kappa shape index (κ2) is 10.7. The van der Waals surface area contributed by atoms with Gasteiger partial charge < -0.3 is 14.5 Å². The molecule has 0 aliphatic carbocycles. The fourth-order valence-corrected chi connectivity index (χ4v) is 5.30. The molecule has 1 amide bonds. The standard InChI is InChI=1S/C25H24BClFN5OS/c27-21-9-5-4-8-19(21)22-14-23(33-25(31-22)20(26-28)15-29-33)30-17-10-12-32(13-11-17)24(34)16-35-18-6-2-1-3-7-18/h1-9,14-15,17,26,30H,10-13,16H2. The molecule has 0 atom stereocenters. The second-order valence-corrected chi connectivity index (χ2v) is 9.90. The van der Waals surface area contributed by atoms with Gasteiger partial charge in [0.05, 0.1) is 11.4 Å². The highest BCUT2D eigenvalue weighted by Crippen LogP contribution is 2.29. The molecule has 0 bridgehead atoms. The third-order valence-electron chi connectivity index (χ3n) is 6.14. The first-order valence-corrected chi connectivity index (χ1v) is 12.9. The van der Waals surface area contributed by atoms with E-state index in [-0.39, 0.29) is 11.9 Å². The average Bonchev–Trinajstić information content (AvgIpc) is 3.32. The fraction of sp³-hybridized carbons (Fsp3) is 0.240. The quantitative estimate of drug-likeness (QED) is 0.300. The summed E-state index contributed by atoms with van der Waals surface area (Å²) in [5, 5.41) is 8.50. The van der Waals surface area contributed by atoms with Gasteiger partial charge in [0.2, 0.25) is 5.91 Å². The number of hydrogen-bond donors (Lipinski definition) is 1. The summed E-state index contributed by atoms with van der Waals surface area (Å²) in [6.45, 7) is 1.37. The number of piperidine rings is 1. The lowest BCUT2D eigenvalue weighted by molar-refractivity contribution is -0.129. The Labute approximate surface area is 213 Å². The molecule has 3 heterocycles. The van der Waals surface area contributed by atoms with Crippen molar-refractivity contribution in [2.24, 2.45) is 0 Å². The largest absolute Gasteiger partial charge is 0.369 e. The maximum atomic E-state index is 13.6. The summed E-state index contributed by atoms with van der Waals surface area (Å²) < 4.78 is 15.2. The number of carbonyl (C=O) groups is 1. The van der Waals surface area contributed by atoms with Gasteiger partial charge in [-0.25, -0.2) is 4.98 Å². The van der Waals surface area contributed by atoms with Crippen LogP contribution in [0, 0.1) is 0 Å². The molecule has 1 fully saturated rings. The van der Waals surface area contributed by atoms with Crippen LogP contribution in [-0.2, 0) is 4.79 Å². The van der Waals surface area contributed by atoms with E-state index in [9.17, 15) is 9.11 Å². The number of amides is 1. The smallest absolute Gasteiger partial charge is 0.367 e. The number of benzene rings is 2. The van der Waals surface area contributed by atoms with Crippen LogP contribution in [0.3, 0.4) is 0 Å². The van der Waals surface area contributed by atoms with Gasteiger partial charge in [0.15, 0.2) is 5.65 Å². The van der Waals surface area contributed by atoms with Crippen molar-refractivity contribution in [3.63, 3.8) is 0 Å². The number of hydrogen-bond acceptors (Lipinski definition) is 5. The number of nitrogens with zero attached hydrogens (tertiary/aromatic N) is 4. The molecule has 0 radical (unpaired) electrons. The first-order valence-electron chi connectivity index (χ1n) is 11.5. The zero-order chi connectivity index (χ0) is 24.2. The molecular weight excluding hydrogens is 484 g/mol. The fourth-order valence-electron chi connectivity index (χ4n) is 4.25. The number of carbonyl (C=O) groups excluding carboxylic acids is 1. The molecule has 0 saturated carbocycles. The first-order chi connectivity index (χ1) is 17.1. The van der Waals surface area contributed by atoms with Crippen molar-refractivity contribution in [3.05, 3.63) is 71.9 Å². The molecule has 6 nitrogen and oxygen atoms in total. The number of halogens is 2. The number of thioether (sulfide) groups is 1. The minimum atomic E-state index is -0.649. The third-order valence-corrected chi connectivity index (χ3v) is 7.47. The highest BCUT2D eigenvalue weighted by atomic mass is 35.5. The molecule has 10 heteroatoms. The number of rotatable bonds is 7. The first kappa shape index (κ1) is 23.7. The van der Waals surface area contributed by atoms with Crippen LogP contribution in [0.4, 0.5) is 10.1 Å². The highest BCUT2D eigenvalue weighted by Gasteiger charge is 2.24. The van der Waals surface area contributed by atoms with E-state index in [1.807, 2.05) is 65.6 Å². The van der Waals surface area contributed by atoms with Crippen LogP contribution in [0.25, 0.3) is 16.9 Å². The molecule has 2 aromatic heterocycles. The van der Waals surface area contributed by atoms with Gasteiger partial charge in [0.1, 0.15) is 5.82 Å². The Morgan fingerprint density at radius 1 is 1.14 bits per heavy atom. The molecule has 1 aliphatic rings. The Bertz CT molecular complexity index is 1330. The summed E-state index contributed by atoms with van der Waals surface area (Å²) in [5.74, 6) is 1.33. The van der Waals surface area contributed by atoms with E-state index in [1.165, 1.54) is 6.20 Å². The van der Waals surface area contributed by atoms with E-state index in [1.54, 1.807) is 16.3 Å². The summed E-state index contributed by atoms with van der Waals surface area (Å²) in [4.78, 5) is 20.4. The van der Waals surface area contributed by atoms with E-state index in [2.05, 4.69) is 15.4 Å². The predicted octanol–water partition coefficient (Wildman–Crippen LogP) is 4.19. The summed E-state index contributed by atoms with van der Waals surface area (Å²) in [5.41, 5.74) is 2.34. The lowest BCUT2D eigenvalue weighted by atomic mass is 9.95. The third kappa shape index (κ3) is 5.31. The van der Waals surface area contributed by atoms with Crippen LogP contribution < -0.4 is 10.8 Å². The summed E-state index contributed by atoms with van der Waals surface area (Å²) in [6.07, 6.45) is 3.13. The van der Waals surface area contributed by atoms with E-state index in [0.29, 0.717) is 40.7 Å². The van der Waals surface area contributed by atoms with E-state index >= 15 is 0 Å². The Kier molecular flexibility index (Phi) is 7.25. The van der Waals surface area contributed by atoms with Crippen molar-refractivity contribution in [2.45, 2.75) is 23.8 Å². The summed E-state index contributed by atoms with van der Waals surface area (Å²) >= 11 is 7.98. The minimum Gasteiger partial charge on any atom is -0.367 e. The molecule has 5 rings (SSSR count). The van der Waals surface area contributed by atoms with E-state index in [0.717, 1.165) is 29.1 Å². The van der Waals surface area contributed by atoms with Crippen molar-refractivity contribution < 1.29 is 9.11 Å². The monoisotopic (exact) mass is 507 g/mol. The van der Waals surface area contributed by atoms with Crippen LogP contribution in [0.1, 0.15) is 12.8 Å². The highest BCUT2D eigenvalue weighted by molar-refractivity contribution is 8.00. The van der Waals surface area contributed by atoms with Gasteiger partial charge in [-0.2, -0.15) is 9.61 Å². The molecule has 178 valence electrons. The number of nitrogens with one attached hydrogen (secondary N) is 1.